The number of amides is 1. The van der Waals surface area contributed by atoms with Gasteiger partial charge in [0.25, 0.3) is 5.91 Å². The molecule has 1 saturated heterocycles. The largest absolute Gasteiger partial charge is 0.456 e. The Balaban J connectivity index is 2.02. The van der Waals surface area contributed by atoms with Crippen LogP contribution in [0.25, 0.3) is 0 Å². The van der Waals surface area contributed by atoms with Gasteiger partial charge in [0.05, 0.1) is 0 Å². The van der Waals surface area contributed by atoms with Crippen LogP contribution in [0.4, 0.5) is 0 Å². The summed E-state index contributed by atoms with van der Waals surface area (Å²) in [5, 5.41) is 0. The highest BCUT2D eigenvalue weighted by atomic mass is 16.3. The molecule has 1 amide bonds. The molecule has 0 N–H and O–H groups in total. The Morgan fingerprint density at radius 3 is 2.48 bits per heavy atom. The van der Waals surface area contributed by atoms with Gasteiger partial charge in [0.15, 0.2) is 11.2 Å². The summed E-state index contributed by atoms with van der Waals surface area (Å²) in [4.78, 5) is 27.9. The maximum absolute atomic E-state index is 12.4. The molecule has 5 heteroatoms. The molecule has 1 atom stereocenters. The van der Waals surface area contributed by atoms with Crippen molar-refractivity contribution in [3.8, 4) is 0 Å². The van der Waals surface area contributed by atoms with Crippen LogP contribution in [0, 0.1) is 12.8 Å². The average Bonchev–Trinajstić information content (AvgIpc) is 2.44. The third-order valence-electron chi connectivity index (χ3n) is 4.42. The monoisotopic (exact) mass is 292 g/mol. The Kier molecular flexibility index (Phi) is 4.83. The lowest BCUT2D eigenvalue weighted by molar-refractivity contribution is 0.0606. The first-order valence-electron chi connectivity index (χ1n) is 7.46. The van der Waals surface area contributed by atoms with Crippen molar-refractivity contribution < 1.29 is 9.21 Å². The molecular weight excluding hydrogens is 268 g/mol. The summed E-state index contributed by atoms with van der Waals surface area (Å²) in [7, 11) is 4.17. The number of likely N-dealkylation sites (tertiary alicyclic amines) is 1. The molecule has 0 radical (unpaired) electrons. The van der Waals surface area contributed by atoms with Crippen molar-refractivity contribution in [2.45, 2.75) is 32.7 Å². The van der Waals surface area contributed by atoms with Crippen molar-refractivity contribution in [2.24, 2.45) is 5.92 Å². The minimum Gasteiger partial charge on any atom is -0.456 e. The predicted molar refractivity (Wildman–Crippen MR) is 81.5 cm³/mol. The Labute approximate surface area is 125 Å². The highest BCUT2D eigenvalue weighted by molar-refractivity contribution is 5.91. The Hall–Kier alpha value is -1.62. The minimum absolute atomic E-state index is 0.152. The van der Waals surface area contributed by atoms with Crippen molar-refractivity contribution in [3.05, 3.63) is 33.9 Å². The van der Waals surface area contributed by atoms with Gasteiger partial charge in [-0.15, -0.1) is 0 Å². The van der Waals surface area contributed by atoms with Crippen LogP contribution >= 0.6 is 0 Å². The predicted octanol–water partition coefficient (Wildman–Crippen LogP) is 1.75. The number of piperidine rings is 1. The number of rotatable bonds is 3. The normalized spacial score (nSPS) is 18.0. The fraction of sp³-hybridized carbons (Fsp3) is 0.625. The second-order valence-electron chi connectivity index (χ2n) is 6.10. The van der Waals surface area contributed by atoms with Gasteiger partial charge in [0, 0.05) is 31.3 Å². The van der Waals surface area contributed by atoms with Gasteiger partial charge in [-0.2, -0.15) is 0 Å². The van der Waals surface area contributed by atoms with Crippen LogP contribution in [-0.4, -0.2) is 48.9 Å². The van der Waals surface area contributed by atoms with Crippen LogP contribution in [0.2, 0.25) is 0 Å². The number of aryl methyl sites for hydroxylation is 1. The number of hydrogen-bond donors (Lipinski definition) is 0. The molecule has 1 aliphatic heterocycles. The van der Waals surface area contributed by atoms with Crippen molar-refractivity contribution in [3.63, 3.8) is 0 Å². The molecule has 1 aromatic rings. The van der Waals surface area contributed by atoms with Gasteiger partial charge in [0.2, 0.25) is 0 Å². The number of carbonyl (C=O) groups is 1. The van der Waals surface area contributed by atoms with Crippen molar-refractivity contribution in [2.75, 3.05) is 27.2 Å². The van der Waals surface area contributed by atoms with E-state index in [4.69, 9.17) is 4.42 Å². The zero-order valence-electron chi connectivity index (χ0n) is 13.3. The van der Waals surface area contributed by atoms with Gasteiger partial charge < -0.3 is 14.2 Å². The zero-order chi connectivity index (χ0) is 15.6. The lowest BCUT2D eigenvalue weighted by Crippen LogP contribution is -2.43. The molecule has 1 aliphatic rings. The van der Waals surface area contributed by atoms with Crippen LogP contribution in [0.5, 0.6) is 0 Å². The van der Waals surface area contributed by atoms with Gasteiger partial charge in [-0.1, -0.05) is 0 Å². The van der Waals surface area contributed by atoms with E-state index in [0.717, 1.165) is 25.9 Å². The first-order valence-corrected chi connectivity index (χ1v) is 7.46. The smallest absolute Gasteiger partial charge is 0.289 e. The maximum Gasteiger partial charge on any atom is 0.289 e. The Morgan fingerprint density at radius 1 is 1.33 bits per heavy atom. The summed E-state index contributed by atoms with van der Waals surface area (Å²) in [5.74, 6) is 1.06. The van der Waals surface area contributed by atoms with E-state index in [0.29, 0.717) is 17.7 Å². The van der Waals surface area contributed by atoms with E-state index in [1.807, 2.05) is 0 Å². The second kappa shape index (κ2) is 6.43. The molecule has 5 nitrogen and oxygen atoms in total. The highest BCUT2D eigenvalue weighted by Gasteiger charge is 2.28. The van der Waals surface area contributed by atoms with Gasteiger partial charge in [0.1, 0.15) is 5.76 Å². The molecule has 0 bridgehead atoms. The fourth-order valence-electron chi connectivity index (χ4n) is 2.87. The molecule has 0 spiro atoms. The Bertz CT molecular complexity index is 557. The molecule has 21 heavy (non-hydrogen) atoms. The van der Waals surface area contributed by atoms with E-state index in [9.17, 15) is 9.59 Å². The number of hydrogen-bond acceptors (Lipinski definition) is 4. The highest BCUT2D eigenvalue weighted by Crippen LogP contribution is 2.23. The van der Waals surface area contributed by atoms with Gasteiger partial charge in [-0.05, 0) is 46.7 Å². The van der Waals surface area contributed by atoms with Crippen molar-refractivity contribution >= 4 is 5.91 Å². The zero-order valence-corrected chi connectivity index (χ0v) is 13.3. The molecule has 1 unspecified atom stereocenters. The molecule has 0 aliphatic carbocycles. The van der Waals surface area contributed by atoms with E-state index in [2.05, 4.69) is 25.9 Å². The lowest BCUT2D eigenvalue weighted by Gasteiger charge is -2.37. The Morgan fingerprint density at radius 2 is 1.95 bits per heavy atom. The molecule has 1 aromatic heterocycles. The summed E-state index contributed by atoms with van der Waals surface area (Å²) < 4.78 is 5.39. The van der Waals surface area contributed by atoms with E-state index in [1.165, 1.54) is 12.1 Å². The average molecular weight is 292 g/mol. The van der Waals surface area contributed by atoms with Crippen LogP contribution in [0.15, 0.2) is 21.3 Å². The van der Waals surface area contributed by atoms with Crippen molar-refractivity contribution in [1.82, 2.24) is 9.80 Å². The van der Waals surface area contributed by atoms with Crippen LogP contribution in [-0.2, 0) is 0 Å². The van der Waals surface area contributed by atoms with Crippen LogP contribution in [0.3, 0.4) is 0 Å². The molecule has 1 fully saturated rings. The van der Waals surface area contributed by atoms with Crippen molar-refractivity contribution in [1.29, 1.82) is 0 Å². The number of nitrogens with zero attached hydrogens (tertiary/aromatic N) is 2. The summed E-state index contributed by atoms with van der Waals surface area (Å²) in [5.41, 5.74) is -0.182. The third kappa shape index (κ3) is 3.73. The van der Waals surface area contributed by atoms with Gasteiger partial charge in [-0.3, -0.25) is 9.59 Å². The van der Waals surface area contributed by atoms with E-state index in [1.54, 1.807) is 11.8 Å². The topological polar surface area (TPSA) is 53.8 Å². The van der Waals surface area contributed by atoms with E-state index in [-0.39, 0.29) is 17.1 Å². The van der Waals surface area contributed by atoms with E-state index < -0.39 is 0 Å². The lowest BCUT2D eigenvalue weighted by atomic mass is 9.89. The number of carbonyl (C=O) groups excluding carboxylic acids is 1. The second-order valence-corrected chi connectivity index (χ2v) is 6.10. The molecule has 116 valence electrons. The van der Waals surface area contributed by atoms with E-state index >= 15 is 0 Å². The quantitative estimate of drug-likeness (QED) is 0.851. The molecule has 0 aromatic carbocycles. The summed E-state index contributed by atoms with van der Waals surface area (Å²) in [6.45, 7) is 5.35. The summed E-state index contributed by atoms with van der Waals surface area (Å²) in [6, 6.07) is 3.19. The minimum atomic E-state index is -0.182. The fourth-order valence-corrected chi connectivity index (χ4v) is 2.87. The van der Waals surface area contributed by atoms with Crippen LogP contribution < -0.4 is 5.43 Å². The first-order chi connectivity index (χ1) is 9.88. The third-order valence-corrected chi connectivity index (χ3v) is 4.42. The summed E-state index contributed by atoms with van der Waals surface area (Å²) >= 11 is 0. The molecular formula is C16H24N2O3. The van der Waals surface area contributed by atoms with Gasteiger partial charge >= 0.3 is 0 Å². The molecule has 2 heterocycles. The maximum atomic E-state index is 12.4. The van der Waals surface area contributed by atoms with Crippen LogP contribution in [0.1, 0.15) is 36.1 Å². The SMILES string of the molecule is Cc1cc(=O)cc(C(=O)N2CCC(C(C)N(C)C)CC2)o1. The first kappa shape index (κ1) is 15.8. The molecule has 2 rings (SSSR count). The standard InChI is InChI=1S/C16H24N2O3/c1-11-9-14(19)10-15(21-11)16(20)18-7-5-13(6-8-18)12(2)17(3)4/h9-10,12-13H,5-8H2,1-4H3. The molecule has 0 saturated carbocycles. The van der Waals surface area contributed by atoms with Gasteiger partial charge in [-0.25, -0.2) is 0 Å². The summed E-state index contributed by atoms with van der Waals surface area (Å²) in [6.07, 6.45) is 1.97.